The van der Waals surface area contributed by atoms with Crippen LogP contribution in [0.15, 0.2) is 23.8 Å². The maximum absolute atomic E-state index is 10.3. The number of hydrogen-bond donors (Lipinski definition) is 1. The van der Waals surface area contributed by atoms with Crippen LogP contribution in [0.3, 0.4) is 0 Å². The molecule has 0 amide bonds. The SMILES string of the molecule is O=CC1=CC=CC(O)([N+](=O)[O-])C1. The normalized spacial score (nSPS) is 27.9. The van der Waals surface area contributed by atoms with Gasteiger partial charge in [0.15, 0.2) is 0 Å². The van der Waals surface area contributed by atoms with Gasteiger partial charge in [0.05, 0.1) is 11.3 Å². The first kappa shape index (κ1) is 8.61. The lowest BCUT2D eigenvalue weighted by Crippen LogP contribution is -2.37. The highest BCUT2D eigenvalue weighted by molar-refractivity contribution is 5.74. The van der Waals surface area contributed by atoms with Crippen LogP contribution in [0.2, 0.25) is 0 Å². The molecule has 0 saturated carbocycles. The first-order valence-electron chi connectivity index (χ1n) is 3.29. The minimum Gasteiger partial charge on any atom is -0.327 e. The van der Waals surface area contributed by atoms with Crippen LogP contribution in [0.5, 0.6) is 0 Å². The maximum atomic E-state index is 10.3. The number of aldehydes is 1. The van der Waals surface area contributed by atoms with E-state index in [1.807, 2.05) is 0 Å². The van der Waals surface area contributed by atoms with Crippen LogP contribution < -0.4 is 0 Å². The number of carbonyl (C=O) groups is 1. The van der Waals surface area contributed by atoms with E-state index in [0.717, 1.165) is 6.08 Å². The fraction of sp³-hybridized carbons (Fsp3) is 0.286. The summed E-state index contributed by atoms with van der Waals surface area (Å²) in [7, 11) is 0. The molecule has 0 bridgehead atoms. The minimum absolute atomic E-state index is 0.219. The zero-order valence-electron chi connectivity index (χ0n) is 6.14. The number of nitrogens with zero attached hydrogens (tertiary/aromatic N) is 1. The van der Waals surface area contributed by atoms with Crippen LogP contribution in [-0.2, 0) is 4.79 Å². The van der Waals surface area contributed by atoms with Gasteiger partial charge in [0.1, 0.15) is 6.29 Å². The van der Waals surface area contributed by atoms with Crippen molar-refractivity contribution in [2.75, 3.05) is 0 Å². The van der Waals surface area contributed by atoms with Crippen molar-refractivity contribution in [2.24, 2.45) is 0 Å². The summed E-state index contributed by atoms with van der Waals surface area (Å²) >= 11 is 0. The van der Waals surface area contributed by atoms with Gasteiger partial charge in [-0.1, -0.05) is 12.2 Å². The molecule has 1 rings (SSSR count). The van der Waals surface area contributed by atoms with E-state index in [1.54, 1.807) is 0 Å². The average Bonchev–Trinajstić information content (AvgIpc) is 2.04. The summed E-state index contributed by atoms with van der Waals surface area (Å²) in [6, 6.07) is 0. The van der Waals surface area contributed by atoms with Crippen LogP contribution in [0.1, 0.15) is 6.42 Å². The summed E-state index contributed by atoms with van der Waals surface area (Å²) in [5, 5.41) is 19.6. The minimum atomic E-state index is -2.11. The Bertz CT molecular complexity index is 281. The fourth-order valence-electron chi connectivity index (χ4n) is 0.950. The summed E-state index contributed by atoms with van der Waals surface area (Å²) in [5.41, 5.74) is -1.89. The quantitative estimate of drug-likeness (QED) is 0.274. The van der Waals surface area contributed by atoms with Crippen LogP contribution in [0.25, 0.3) is 0 Å². The van der Waals surface area contributed by atoms with Crippen molar-refractivity contribution < 1.29 is 14.8 Å². The topological polar surface area (TPSA) is 80.4 Å². The third-order valence-corrected chi connectivity index (χ3v) is 1.61. The number of hydrogen-bond acceptors (Lipinski definition) is 4. The summed E-state index contributed by atoms with van der Waals surface area (Å²) in [6.07, 6.45) is 4.03. The van der Waals surface area contributed by atoms with Crippen LogP contribution >= 0.6 is 0 Å². The molecule has 1 aliphatic rings. The van der Waals surface area contributed by atoms with E-state index in [-0.39, 0.29) is 12.0 Å². The highest BCUT2D eigenvalue weighted by Crippen LogP contribution is 2.21. The Labute approximate surface area is 68.2 Å². The average molecular weight is 169 g/mol. The largest absolute Gasteiger partial charge is 0.346 e. The monoisotopic (exact) mass is 169 g/mol. The maximum Gasteiger partial charge on any atom is 0.346 e. The van der Waals surface area contributed by atoms with Crippen molar-refractivity contribution >= 4 is 6.29 Å². The van der Waals surface area contributed by atoms with Gasteiger partial charge in [-0.3, -0.25) is 14.9 Å². The molecule has 5 nitrogen and oxygen atoms in total. The highest BCUT2D eigenvalue weighted by atomic mass is 16.7. The van der Waals surface area contributed by atoms with Crippen molar-refractivity contribution in [1.82, 2.24) is 0 Å². The zero-order valence-corrected chi connectivity index (χ0v) is 6.14. The van der Waals surface area contributed by atoms with Crippen molar-refractivity contribution in [1.29, 1.82) is 0 Å². The third-order valence-electron chi connectivity index (χ3n) is 1.61. The number of nitro groups is 1. The molecule has 0 radical (unpaired) electrons. The van der Waals surface area contributed by atoms with Crippen LogP contribution in [0, 0.1) is 10.1 Å². The van der Waals surface area contributed by atoms with Crippen molar-refractivity contribution in [3.05, 3.63) is 33.9 Å². The molecule has 1 aliphatic carbocycles. The highest BCUT2D eigenvalue weighted by Gasteiger charge is 2.39. The number of carbonyl (C=O) groups excluding carboxylic acids is 1. The molecule has 0 aromatic rings. The first-order chi connectivity index (χ1) is 5.58. The van der Waals surface area contributed by atoms with Gasteiger partial charge < -0.3 is 5.11 Å². The summed E-state index contributed by atoms with van der Waals surface area (Å²) in [6.45, 7) is 0. The van der Waals surface area contributed by atoms with E-state index >= 15 is 0 Å². The van der Waals surface area contributed by atoms with Gasteiger partial charge in [-0.05, 0) is 0 Å². The molecule has 0 aromatic heterocycles. The number of aliphatic hydroxyl groups is 1. The van der Waals surface area contributed by atoms with Gasteiger partial charge >= 0.3 is 5.72 Å². The number of rotatable bonds is 2. The standard InChI is InChI=1S/C7H7NO4/c9-5-6-2-1-3-7(10,4-6)8(11)12/h1-3,5,10H,4H2. The summed E-state index contributed by atoms with van der Waals surface area (Å²) in [4.78, 5) is 19.7. The predicted molar refractivity (Wildman–Crippen MR) is 39.8 cm³/mol. The van der Waals surface area contributed by atoms with E-state index < -0.39 is 10.6 Å². The van der Waals surface area contributed by atoms with Crippen molar-refractivity contribution in [3.8, 4) is 0 Å². The lowest BCUT2D eigenvalue weighted by molar-refractivity contribution is -0.607. The second-order valence-electron chi connectivity index (χ2n) is 2.53. The Morgan fingerprint density at radius 1 is 1.75 bits per heavy atom. The van der Waals surface area contributed by atoms with E-state index in [2.05, 4.69) is 0 Å². The Morgan fingerprint density at radius 2 is 2.42 bits per heavy atom. The third kappa shape index (κ3) is 1.40. The predicted octanol–water partition coefficient (Wildman–Crippen LogP) is 0.0369. The molecule has 0 fully saturated rings. The van der Waals surface area contributed by atoms with E-state index in [4.69, 9.17) is 0 Å². The molecule has 0 aliphatic heterocycles. The van der Waals surface area contributed by atoms with Crippen molar-refractivity contribution in [2.45, 2.75) is 12.1 Å². The molecular formula is C7H7NO4. The first-order valence-corrected chi connectivity index (χ1v) is 3.29. The van der Waals surface area contributed by atoms with E-state index in [0.29, 0.717) is 6.29 Å². The van der Waals surface area contributed by atoms with Crippen molar-refractivity contribution in [3.63, 3.8) is 0 Å². The molecule has 0 heterocycles. The van der Waals surface area contributed by atoms with Crippen LogP contribution in [0.4, 0.5) is 0 Å². The van der Waals surface area contributed by atoms with E-state index in [9.17, 15) is 20.0 Å². The Balaban J connectivity index is 2.89. The lowest BCUT2D eigenvalue weighted by Gasteiger charge is -2.17. The molecule has 12 heavy (non-hydrogen) atoms. The molecular weight excluding hydrogens is 162 g/mol. The Hall–Kier alpha value is -1.49. The summed E-state index contributed by atoms with van der Waals surface area (Å²) < 4.78 is 0. The molecule has 1 atom stereocenters. The van der Waals surface area contributed by atoms with Gasteiger partial charge in [0, 0.05) is 11.6 Å². The van der Waals surface area contributed by atoms with E-state index in [1.165, 1.54) is 12.2 Å². The molecule has 1 unspecified atom stereocenters. The summed E-state index contributed by atoms with van der Waals surface area (Å²) in [5.74, 6) is 0. The van der Waals surface area contributed by atoms with Gasteiger partial charge in [-0.15, -0.1) is 0 Å². The molecule has 64 valence electrons. The Morgan fingerprint density at radius 3 is 2.92 bits per heavy atom. The van der Waals surface area contributed by atoms with Gasteiger partial charge in [-0.25, -0.2) is 0 Å². The molecule has 0 aromatic carbocycles. The number of allylic oxidation sites excluding steroid dienone is 2. The molecule has 0 spiro atoms. The van der Waals surface area contributed by atoms with Crippen LogP contribution in [-0.4, -0.2) is 22.0 Å². The second kappa shape index (κ2) is 2.86. The molecule has 1 N–H and O–H groups in total. The smallest absolute Gasteiger partial charge is 0.327 e. The second-order valence-corrected chi connectivity index (χ2v) is 2.53. The molecule has 0 saturated heterocycles. The van der Waals surface area contributed by atoms with Gasteiger partial charge in [0.2, 0.25) is 0 Å². The van der Waals surface area contributed by atoms with Gasteiger partial charge in [-0.2, -0.15) is 0 Å². The molecule has 5 heteroatoms. The Kier molecular flexibility index (Phi) is 2.05. The van der Waals surface area contributed by atoms with Gasteiger partial charge in [0.25, 0.3) is 0 Å². The fourth-order valence-corrected chi connectivity index (χ4v) is 0.950. The zero-order chi connectivity index (χ0) is 9.19. The lowest BCUT2D eigenvalue weighted by atomic mass is 9.99.